The van der Waals surface area contributed by atoms with Crippen molar-refractivity contribution >= 4 is 0 Å². The fraction of sp³-hybridized carbons (Fsp3) is 0.368. The molecule has 1 nitrogen and oxygen atoms in total. The second-order valence-electron chi connectivity index (χ2n) is 6.59. The van der Waals surface area contributed by atoms with E-state index < -0.39 is 0 Å². The van der Waals surface area contributed by atoms with Gasteiger partial charge in [0.2, 0.25) is 0 Å². The third-order valence-corrected chi connectivity index (χ3v) is 4.02. The fourth-order valence-corrected chi connectivity index (χ4v) is 2.54. The molecular weight excluding hydrogens is 244 g/mol. The first-order chi connectivity index (χ1) is 9.30. The normalized spacial score (nSPS) is 11.7. The minimum atomic E-state index is -0.0476. The average molecular weight is 268 g/mol. The summed E-state index contributed by atoms with van der Waals surface area (Å²) in [6.45, 7) is 10.5. The minimum absolute atomic E-state index is 0.0476. The number of phenols is 1. The molecule has 2 aromatic rings. The van der Waals surface area contributed by atoms with E-state index in [0.717, 1.165) is 17.5 Å². The number of benzene rings is 2. The third-order valence-electron chi connectivity index (χ3n) is 4.02. The van der Waals surface area contributed by atoms with E-state index in [-0.39, 0.29) is 5.41 Å². The van der Waals surface area contributed by atoms with E-state index in [2.05, 4.69) is 58.0 Å². The predicted molar refractivity (Wildman–Crippen MR) is 85.5 cm³/mol. The van der Waals surface area contributed by atoms with Gasteiger partial charge in [-0.15, -0.1) is 0 Å². The van der Waals surface area contributed by atoms with Crippen LogP contribution in [0, 0.1) is 13.8 Å². The van der Waals surface area contributed by atoms with Crippen LogP contribution in [0.1, 0.15) is 48.6 Å². The summed E-state index contributed by atoms with van der Waals surface area (Å²) in [5.41, 5.74) is 5.79. The lowest BCUT2D eigenvalue weighted by Crippen LogP contribution is -2.13. The standard InChI is InChI=1S/C19H24O/c1-13-14(2)18(20)17(19(3,4)5)12-16(13)11-15-9-7-6-8-10-15/h6-10,12,20H,11H2,1-5H3. The molecule has 0 spiro atoms. The molecule has 20 heavy (non-hydrogen) atoms. The zero-order valence-corrected chi connectivity index (χ0v) is 13.1. The van der Waals surface area contributed by atoms with Gasteiger partial charge in [0.15, 0.2) is 0 Å². The SMILES string of the molecule is Cc1c(Cc2ccccc2)cc(C(C)(C)C)c(O)c1C. The molecule has 0 aromatic heterocycles. The molecule has 0 atom stereocenters. The van der Waals surface area contributed by atoms with Gasteiger partial charge in [-0.25, -0.2) is 0 Å². The Kier molecular flexibility index (Phi) is 3.89. The maximum Gasteiger partial charge on any atom is 0.122 e. The van der Waals surface area contributed by atoms with E-state index in [9.17, 15) is 5.11 Å². The van der Waals surface area contributed by atoms with Crippen LogP contribution >= 0.6 is 0 Å². The molecule has 0 fully saturated rings. The quantitative estimate of drug-likeness (QED) is 0.821. The molecule has 0 aliphatic rings. The Bertz CT molecular complexity index is 604. The van der Waals surface area contributed by atoms with Crippen molar-refractivity contribution in [3.05, 3.63) is 64.2 Å². The average Bonchev–Trinajstić information content (AvgIpc) is 2.39. The molecule has 0 unspecified atom stereocenters. The lowest BCUT2D eigenvalue weighted by molar-refractivity contribution is 0.442. The Morgan fingerprint density at radius 1 is 0.950 bits per heavy atom. The number of phenolic OH excluding ortho intramolecular Hbond substituents is 1. The highest BCUT2D eigenvalue weighted by Crippen LogP contribution is 2.36. The number of hydrogen-bond donors (Lipinski definition) is 1. The van der Waals surface area contributed by atoms with Crippen LogP contribution in [0.2, 0.25) is 0 Å². The van der Waals surface area contributed by atoms with E-state index in [4.69, 9.17) is 0 Å². The van der Waals surface area contributed by atoms with Gasteiger partial charge in [-0.05, 0) is 53.5 Å². The second kappa shape index (κ2) is 5.32. The molecule has 0 radical (unpaired) electrons. The van der Waals surface area contributed by atoms with Crippen LogP contribution in [0.25, 0.3) is 0 Å². The Labute approximate surface area is 122 Å². The molecule has 2 rings (SSSR count). The maximum atomic E-state index is 10.4. The van der Waals surface area contributed by atoms with Gasteiger partial charge >= 0.3 is 0 Å². The third kappa shape index (κ3) is 2.87. The summed E-state index contributed by atoms with van der Waals surface area (Å²) in [6.07, 6.45) is 0.914. The lowest BCUT2D eigenvalue weighted by Gasteiger charge is -2.24. The van der Waals surface area contributed by atoms with Crippen molar-refractivity contribution in [3.63, 3.8) is 0 Å². The summed E-state index contributed by atoms with van der Waals surface area (Å²) in [6, 6.07) is 12.7. The second-order valence-corrected chi connectivity index (χ2v) is 6.59. The zero-order chi connectivity index (χ0) is 14.9. The van der Waals surface area contributed by atoms with Crippen molar-refractivity contribution < 1.29 is 5.11 Å². The van der Waals surface area contributed by atoms with Crippen LogP contribution in [0.4, 0.5) is 0 Å². The van der Waals surface area contributed by atoms with Gasteiger partial charge in [-0.1, -0.05) is 57.2 Å². The van der Waals surface area contributed by atoms with Crippen LogP contribution in [-0.2, 0) is 11.8 Å². The molecule has 1 heteroatoms. The van der Waals surface area contributed by atoms with Gasteiger partial charge in [0.05, 0.1) is 0 Å². The van der Waals surface area contributed by atoms with E-state index in [1.807, 2.05) is 13.0 Å². The summed E-state index contributed by atoms with van der Waals surface area (Å²) in [5, 5.41) is 10.4. The number of aromatic hydroxyl groups is 1. The topological polar surface area (TPSA) is 20.2 Å². The van der Waals surface area contributed by atoms with Crippen LogP contribution in [0.3, 0.4) is 0 Å². The minimum Gasteiger partial charge on any atom is -0.507 e. The molecule has 106 valence electrons. The summed E-state index contributed by atoms with van der Waals surface area (Å²) < 4.78 is 0. The summed E-state index contributed by atoms with van der Waals surface area (Å²) in [5.74, 6) is 0.451. The highest BCUT2D eigenvalue weighted by atomic mass is 16.3. The Morgan fingerprint density at radius 2 is 1.55 bits per heavy atom. The van der Waals surface area contributed by atoms with Gasteiger partial charge in [-0.2, -0.15) is 0 Å². The molecule has 0 saturated heterocycles. The van der Waals surface area contributed by atoms with E-state index >= 15 is 0 Å². The summed E-state index contributed by atoms with van der Waals surface area (Å²) >= 11 is 0. The first kappa shape index (κ1) is 14.6. The van der Waals surface area contributed by atoms with Crippen molar-refractivity contribution in [2.45, 2.75) is 46.5 Å². The number of rotatable bonds is 2. The van der Waals surface area contributed by atoms with Crippen LogP contribution in [0.15, 0.2) is 36.4 Å². The van der Waals surface area contributed by atoms with Crippen molar-refractivity contribution in [2.24, 2.45) is 0 Å². The number of hydrogen-bond acceptors (Lipinski definition) is 1. The Morgan fingerprint density at radius 3 is 2.10 bits per heavy atom. The molecular formula is C19H24O. The van der Waals surface area contributed by atoms with Crippen LogP contribution < -0.4 is 0 Å². The molecule has 0 bridgehead atoms. The van der Waals surface area contributed by atoms with Crippen LogP contribution in [-0.4, -0.2) is 5.11 Å². The molecule has 0 amide bonds. The summed E-state index contributed by atoms with van der Waals surface area (Å²) in [7, 11) is 0. The molecule has 0 heterocycles. The monoisotopic (exact) mass is 268 g/mol. The van der Waals surface area contributed by atoms with Crippen molar-refractivity contribution in [1.29, 1.82) is 0 Å². The molecule has 0 saturated carbocycles. The highest BCUT2D eigenvalue weighted by Gasteiger charge is 2.21. The molecule has 2 aromatic carbocycles. The Balaban J connectivity index is 2.51. The van der Waals surface area contributed by atoms with Gasteiger partial charge in [0.1, 0.15) is 5.75 Å². The van der Waals surface area contributed by atoms with E-state index in [0.29, 0.717) is 5.75 Å². The van der Waals surface area contributed by atoms with Crippen molar-refractivity contribution in [2.75, 3.05) is 0 Å². The van der Waals surface area contributed by atoms with Crippen molar-refractivity contribution in [1.82, 2.24) is 0 Å². The largest absolute Gasteiger partial charge is 0.507 e. The smallest absolute Gasteiger partial charge is 0.122 e. The van der Waals surface area contributed by atoms with Gasteiger partial charge < -0.3 is 5.11 Å². The van der Waals surface area contributed by atoms with Gasteiger partial charge in [0.25, 0.3) is 0 Å². The van der Waals surface area contributed by atoms with Crippen molar-refractivity contribution in [3.8, 4) is 5.75 Å². The fourth-order valence-electron chi connectivity index (χ4n) is 2.54. The lowest BCUT2D eigenvalue weighted by atomic mass is 9.82. The predicted octanol–water partition coefficient (Wildman–Crippen LogP) is 4.90. The molecule has 1 N–H and O–H groups in total. The van der Waals surface area contributed by atoms with E-state index in [1.54, 1.807) is 0 Å². The maximum absolute atomic E-state index is 10.4. The first-order valence-electron chi connectivity index (χ1n) is 7.17. The Hall–Kier alpha value is -1.76. The van der Waals surface area contributed by atoms with Gasteiger partial charge in [-0.3, -0.25) is 0 Å². The molecule has 0 aliphatic heterocycles. The summed E-state index contributed by atoms with van der Waals surface area (Å²) in [4.78, 5) is 0. The zero-order valence-electron chi connectivity index (χ0n) is 13.1. The van der Waals surface area contributed by atoms with E-state index in [1.165, 1.54) is 16.7 Å². The van der Waals surface area contributed by atoms with Crippen LogP contribution in [0.5, 0.6) is 5.75 Å². The molecule has 0 aliphatic carbocycles. The van der Waals surface area contributed by atoms with Gasteiger partial charge in [0, 0.05) is 0 Å². The highest BCUT2D eigenvalue weighted by molar-refractivity contribution is 5.52. The first-order valence-corrected chi connectivity index (χ1v) is 7.17.